The van der Waals surface area contributed by atoms with Crippen molar-refractivity contribution in [3.05, 3.63) is 0 Å². The van der Waals surface area contributed by atoms with Crippen LogP contribution in [-0.2, 0) is 14.3 Å². The molecule has 98 valence electrons. The molecule has 1 heterocycles. The van der Waals surface area contributed by atoms with Crippen LogP contribution in [0.5, 0.6) is 0 Å². The highest BCUT2D eigenvalue weighted by Crippen LogP contribution is 2.07. The molecule has 1 saturated heterocycles. The molecule has 0 aromatic heterocycles. The minimum atomic E-state index is -0.615. The van der Waals surface area contributed by atoms with Crippen molar-refractivity contribution >= 4 is 11.8 Å². The van der Waals surface area contributed by atoms with Crippen molar-refractivity contribution in [2.75, 3.05) is 19.8 Å². The number of morpholine rings is 1. The van der Waals surface area contributed by atoms with Crippen molar-refractivity contribution in [2.45, 2.75) is 32.4 Å². The first-order valence-corrected chi connectivity index (χ1v) is 5.97. The Balaban J connectivity index is 2.53. The fraction of sp³-hybridized carbons (Fsp3) is 0.818. The zero-order valence-corrected chi connectivity index (χ0v) is 10.4. The second kappa shape index (κ2) is 6.56. The molecule has 6 nitrogen and oxygen atoms in total. The second-order valence-corrected chi connectivity index (χ2v) is 4.36. The summed E-state index contributed by atoms with van der Waals surface area (Å²) >= 11 is 0. The summed E-state index contributed by atoms with van der Waals surface area (Å²) in [6.07, 6.45) is 0.780. The molecule has 1 aliphatic rings. The Morgan fingerprint density at radius 1 is 1.59 bits per heavy atom. The molecule has 0 radical (unpaired) electrons. The standard InChI is InChI=1S/C11H21N3O3/c1-3-7(2)9(10(12)15)14-11(16)8-6-17-5-4-13-8/h7-9,13H,3-6H2,1-2H3,(H2,12,15)(H,14,16). The maximum absolute atomic E-state index is 11.9. The van der Waals surface area contributed by atoms with Gasteiger partial charge in [-0.05, 0) is 5.92 Å². The van der Waals surface area contributed by atoms with Crippen LogP contribution in [0.1, 0.15) is 20.3 Å². The smallest absolute Gasteiger partial charge is 0.240 e. The van der Waals surface area contributed by atoms with Crippen LogP contribution in [0.3, 0.4) is 0 Å². The molecule has 4 N–H and O–H groups in total. The van der Waals surface area contributed by atoms with Gasteiger partial charge in [-0.3, -0.25) is 9.59 Å². The first-order valence-electron chi connectivity index (χ1n) is 5.97. The van der Waals surface area contributed by atoms with Crippen LogP contribution >= 0.6 is 0 Å². The highest BCUT2D eigenvalue weighted by atomic mass is 16.5. The molecule has 0 aliphatic carbocycles. The maximum atomic E-state index is 11.9. The first kappa shape index (κ1) is 13.9. The molecule has 2 amide bonds. The summed E-state index contributed by atoms with van der Waals surface area (Å²) in [6, 6.07) is -1.01. The highest BCUT2D eigenvalue weighted by Gasteiger charge is 2.28. The third kappa shape index (κ3) is 3.98. The second-order valence-electron chi connectivity index (χ2n) is 4.36. The summed E-state index contributed by atoms with van der Waals surface area (Å²) in [5.41, 5.74) is 5.29. The SMILES string of the molecule is CCC(C)C(NC(=O)C1COCCN1)C(N)=O. The van der Waals surface area contributed by atoms with Crippen molar-refractivity contribution in [3.63, 3.8) is 0 Å². The summed E-state index contributed by atoms with van der Waals surface area (Å²) < 4.78 is 5.19. The van der Waals surface area contributed by atoms with E-state index in [1.807, 2.05) is 13.8 Å². The third-order valence-electron chi connectivity index (χ3n) is 3.06. The third-order valence-corrected chi connectivity index (χ3v) is 3.06. The summed E-state index contributed by atoms with van der Waals surface area (Å²) in [4.78, 5) is 23.1. The number of rotatable bonds is 5. The van der Waals surface area contributed by atoms with E-state index in [2.05, 4.69) is 10.6 Å². The van der Waals surface area contributed by atoms with Crippen LogP contribution in [0.4, 0.5) is 0 Å². The Kier molecular flexibility index (Phi) is 5.37. The van der Waals surface area contributed by atoms with E-state index >= 15 is 0 Å². The van der Waals surface area contributed by atoms with Gasteiger partial charge < -0.3 is 21.1 Å². The molecule has 1 aliphatic heterocycles. The number of ether oxygens (including phenoxy) is 1. The largest absolute Gasteiger partial charge is 0.378 e. The minimum absolute atomic E-state index is 0.0287. The van der Waals surface area contributed by atoms with Gasteiger partial charge in [0.1, 0.15) is 12.1 Å². The zero-order chi connectivity index (χ0) is 12.8. The van der Waals surface area contributed by atoms with E-state index in [1.54, 1.807) is 0 Å². The lowest BCUT2D eigenvalue weighted by Gasteiger charge is -2.27. The van der Waals surface area contributed by atoms with Crippen molar-refractivity contribution in [2.24, 2.45) is 11.7 Å². The molecule has 0 aromatic carbocycles. The molecule has 0 saturated carbocycles. The van der Waals surface area contributed by atoms with Gasteiger partial charge >= 0.3 is 0 Å². The highest BCUT2D eigenvalue weighted by molar-refractivity contribution is 5.89. The van der Waals surface area contributed by atoms with Crippen LogP contribution < -0.4 is 16.4 Å². The van der Waals surface area contributed by atoms with Gasteiger partial charge in [-0.2, -0.15) is 0 Å². The quantitative estimate of drug-likeness (QED) is 0.577. The van der Waals surface area contributed by atoms with Crippen LogP contribution in [0.25, 0.3) is 0 Å². The zero-order valence-electron chi connectivity index (χ0n) is 10.4. The van der Waals surface area contributed by atoms with E-state index in [0.717, 1.165) is 6.42 Å². The Morgan fingerprint density at radius 3 is 2.76 bits per heavy atom. The normalized spacial score (nSPS) is 23.8. The van der Waals surface area contributed by atoms with E-state index in [-0.39, 0.29) is 11.8 Å². The Labute approximate surface area is 101 Å². The van der Waals surface area contributed by atoms with Crippen molar-refractivity contribution in [1.29, 1.82) is 0 Å². The van der Waals surface area contributed by atoms with Crippen LogP contribution in [-0.4, -0.2) is 43.7 Å². The van der Waals surface area contributed by atoms with E-state index < -0.39 is 18.0 Å². The lowest BCUT2D eigenvalue weighted by atomic mass is 9.98. The summed E-state index contributed by atoms with van der Waals surface area (Å²) in [5.74, 6) is -0.695. The Bertz CT molecular complexity index is 277. The number of primary amides is 1. The fourth-order valence-electron chi connectivity index (χ4n) is 1.72. The number of hydrogen-bond acceptors (Lipinski definition) is 4. The van der Waals surface area contributed by atoms with Gasteiger partial charge in [0, 0.05) is 6.54 Å². The van der Waals surface area contributed by atoms with E-state index in [1.165, 1.54) is 0 Å². The molecule has 0 spiro atoms. The molecule has 1 rings (SSSR count). The average molecular weight is 243 g/mol. The lowest BCUT2D eigenvalue weighted by molar-refractivity contribution is -0.131. The summed E-state index contributed by atoms with van der Waals surface area (Å²) in [7, 11) is 0. The monoisotopic (exact) mass is 243 g/mol. The fourth-order valence-corrected chi connectivity index (χ4v) is 1.72. The van der Waals surface area contributed by atoms with E-state index in [4.69, 9.17) is 10.5 Å². The molecule has 0 aromatic rings. The summed E-state index contributed by atoms with van der Waals surface area (Å²) in [5, 5.41) is 5.71. The predicted octanol–water partition coefficient (Wildman–Crippen LogP) is -1.01. The molecule has 1 fully saturated rings. The Hall–Kier alpha value is -1.14. The molecular weight excluding hydrogens is 222 g/mol. The number of carbonyl (C=O) groups is 2. The number of amides is 2. The van der Waals surface area contributed by atoms with Crippen molar-refractivity contribution < 1.29 is 14.3 Å². The number of nitrogens with two attached hydrogens (primary N) is 1. The van der Waals surface area contributed by atoms with Gasteiger partial charge in [0.15, 0.2) is 0 Å². The van der Waals surface area contributed by atoms with Gasteiger partial charge in [0.2, 0.25) is 11.8 Å². The molecule has 17 heavy (non-hydrogen) atoms. The molecule has 0 bridgehead atoms. The Morgan fingerprint density at radius 2 is 2.29 bits per heavy atom. The van der Waals surface area contributed by atoms with Crippen molar-refractivity contribution in [1.82, 2.24) is 10.6 Å². The average Bonchev–Trinajstić information content (AvgIpc) is 2.35. The topological polar surface area (TPSA) is 93.4 Å². The molecular formula is C11H21N3O3. The van der Waals surface area contributed by atoms with Gasteiger partial charge in [-0.1, -0.05) is 20.3 Å². The number of carbonyl (C=O) groups excluding carboxylic acids is 2. The van der Waals surface area contributed by atoms with Crippen LogP contribution in [0.2, 0.25) is 0 Å². The number of nitrogens with one attached hydrogen (secondary N) is 2. The first-order chi connectivity index (χ1) is 8.06. The lowest BCUT2D eigenvalue weighted by Crippen LogP contribution is -2.57. The minimum Gasteiger partial charge on any atom is -0.378 e. The molecule has 3 unspecified atom stereocenters. The molecule has 3 atom stereocenters. The predicted molar refractivity (Wildman–Crippen MR) is 63.2 cm³/mol. The maximum Gasteiger partial charge on any atom is 0.240 e. The molecule has 6 heteroatoms. The van der Waals surface area contributed by atoms with E-state index in [9.17, 15) is 9.59 Å². The van der Waals surface area contributed by atoms with Crippen molar-refractivity contribution in [3.8, 4) is 0 Å². The van der Waals surface area contributed by atoms with Gasteiger partial charge in [0.05, 0.1) is 13.2 Å². The van der Waals surface area contributed by atoms with Gasteiger partial charge in [0.25, 0.3) is 0 Å². The summed E-state index contributed by atoms with van der Waals surface area (Å²) in [6.45, 7) is 5.42. The number of hydrogen-bond donors (Lipinski definition) is 3. The van der Waals surface area contributed by atoms with Gasteiger partial charge in [-0.25, -0.2) is 0 Å². The van der Waals surface area contributed by atoms with Gasteiger partial charge in [-0.15, -0.1) is 0 Å². The van der Waals surface area contributed by atoms with Crippen LogP contribution in [0, 0.1) is 5.92 Å². The van der Waals surface area contributed by atoms with Crippen LogP contribution in [0.15, 0.2) is 0 Å². The van der Waals surface area contributed by atoms with E-state index in [0.29, 0.717) is 19.8 Å².